The Hall–Kier alpha value is -2.49. The lowest BCUT2D eigenvalue weighted by Crippen LogP contribution is -2.18. The van der Waals surface area contributed by atoms with Crippen LogP contribution in [0.5, 0.6) is 11.5 Å². The van der Waals surface area contributed by atoms with Gasteiger partial charge in [-0.2, -0.15) is 0 Å². The van der Waals surface area contributed by atoms with Gasteiger partial charge in [-0.1, -0.05) is 17.7 Å². The molecule has 0 aliphatic carbocycles. The van der Waals surface area contributed by atoms with Crippen molar-refractivity contribution in [1.82, 2.24) is 5.32 Å². The van der Waals surface area contributed by atoms with Gasteiger partial charge in [-0.05, 0) is 37.3 Å². The monoisotopic (exact) mass is 285 g/mol. The maximum absolute atomic E-state index is 11.7. The average Bonchev–Trinajstić information content (AvgIpc) is 2.53. The average molecular weight is 285 g/mol. The Kier molecular flexibility index (Phi) is 4.82. The van der Waals surface area contributed by atoms with Crippen molar-refractivity contribution in [2.45, 2.75) is 13.5 Å². The summed E-state index contributed by atoms with van der Waals surface area (Å²) < 4.78 is 11.1. The molecule has 0 atom stereocenters. The molecule has 0 heterocycles. The van der Waals surface area contributed by atoms with Crippen LogP contribution >= 0.6 is 0 Å². The Balaban J connectivity index is 2.17. The van der Waals surface area contributed by atoms with Crippen LogP contribution in [0.2, 0.25) is 0 Å². The highest BCUT2D eigenvalue weighted by atomic mass is 16.5. The summed E-state index contributed by atoms with van der Waals surface area (Å²) in [6, 6.07) is 13.1. The van der Waals surface area contributed by atoms with E-state index in [-0.39, 0.29) is 5.91 Å². The number of carbonyl (C=O) groups is 1. The number of methoxy groups -OCH3 is 1. The second kappa shape index (κ2) is 6.79. The van der Waals surface area contributed by atoms with Gasteiger partial charge in [0, 0.05) is 18.2 Å². The minimum Gasteiger partial charge on any atom is -0.496 e. The largest absolute Gasteiger partial charge is 0.496 e. The molecule has 0 unspecified atom stereocenters. The quantitative estimate of drug-likeness (QED) is 0.918. The van der Waals surface area contributed by atoms with Gasteiger partial charge in [-0.15, -0.1) is 0 Å². The topological polar surface area (TPSA) is 47.6 Å². The Morgan fingerprint density at radius 1 is 1.14 bits per heavy atom. The van der Waals surface area contributed by atoms with Crippen molar-refractivity contribution in [3.63, 3.8) is 0 Å². The van der Waals surface area contributed by atoms with E-state index in [2.05, 4.69) is 5.32 Å². The highest BCUT2D eigenvalue weighted by Crippen LogP contribution is 2.22. The van der Waals surface area contributed by atoms with E-state index in [4.69, 9.17) is 9.47 Å². The molecule has 0 spiro atoms. The highest BCUT2D eigenvalue weighted by Gasteiger charge is 2.09. The molecule has 0 saturated heterocycles. The van der Waals surface area contributed by atoms with Crippen LogP contribution in [0, 0.1) is 6.92 Å². The van der Waals surface area contributed by atoms with Crippen molar-refractivity contribution >= 4 is 5.91 Å². The standard InChI is InChI=1S/C17H19NO3/c1-12-4-7-15(8-5-12)21-11-14-10-13(17(19)18-2)6-9-16(14)20-3/h4-10H,11H2,1-3H3,(H,18,19). The van der Waals surface area contributed by atoms with Crippen LogP contribution in [0.4, 0.5) is 0 Å². The molecule has 21 heavy (non-hydrogen) atoms. The van der Waals surface area contributed by atoms with Gasteiger partial charge < -0.3 is 14.8 Å². The van der Waals surface area contributed by atoms with E-state index in [9.17, 15) is 4.79 Å². The summed E-state index contributed by atoms with van der Waals surface area (Å²) in [6.07, 6.45) is 0. The molecule has 4 nitrogen and oxygen atoms in total. The number of ether oxygens (including phenoxy) is 2. The first-order valence-corrected chi connectivity index (χ1v) is 6.72. The van der Waals surface area contributed by atoms with E-state index in [1.165, 1.54) is 5.56 Å². The molecule has 0 fully saturated rings. The van der Waals surface area contributed by atoms with Crippen LogP contribution in [0.25, 0.3) is 0 Å². The molecule has 110 valence electrons. The molecule has 1 amide bonds. The highest BCUT2D eigenvalue weighted by molar-refractivity contribution is 5.94. The molecule has 2 rings (SSSR count). The minimum atomic E-state index is -0.130. The van der Waals surface area contributed by atoms with E-state index in [1.54, 1.807) is 32.4 Å². The maximum Gasteiger partial charge on any atom is 0.251 e. The predicted molar refractivity (Wildman–Crippen MR) is 81.9 cm³/mol. The van der Waals surface area contributed by atoms with Crippen LogP contribution in [0.1, 0.15) is 21.5 Å². The zero-order chi connectivity index (χ0) is 15.2. The molecular weight excluding hydrogens is 266 g/mol. The molecular formula is C17H19NO3. The molecule has 2 aromatic rings. The minimum absolute atomic E-state index is 0.130. The summed E-state index contributed by atoms with van der Waals surface area (Å²) >= 11 is 0. The fraction of sp³-hybridized carbons (Fsp3) is 0.235. The third-order valence-electron chi connectivity index (χ3n) is 3.18. The van der Waals surface area contributed by atoms with Crippen molar-refractivity contribution in [3.05, 3.63) is 59.2 Å². The van der Waals surface area contributed by atoms with E-state index in [1.807, 2.05) is 31.2 Å². The van der Waals surface area contributed by atoms with Crippen LogP contribution in [-0.4, -0.2) is 20.1 Å². The van der Waals surface area contributed by atoms with Gasteiger partial charge in [-0.25, -0.2) is 0 Å². The summed E-state index contributed by atoms with van der Waals surface area (Å²) in [5, 5.41) is 2.61. The van der Waals surface area contributed by atoms with E-state index in [0.29, 0.717) is 17.9 Å². The lowest BCUT2D eigenvalue weighted by atomic mass is 10.1. The Morgan fingerprint density at radius 3 is 2.48 bits per heavy atom. The fourth-order valence-electron chi connectivity index (χ4n) is 1.97. The first kappa shape index (κ1) is 14.9. The van der Waals surface area contributed by atoms with Crippen LogP contribution in [-0.2, 0) is 6.61 Å². The summed E-state index contributed by atoms with van der Waals surface area (Å²) in [4.78, 5) is 11.7. The fourth-order valence-corrected chi connectivity index (χ4v) is 1.97. The Labute approximate surface area is 124 Å². The second-order valence-corrected chi connectivity index (χ2v) is 4.71. The predicted octanol–water partition coefficient (Wildman–Crippen LogP) is 2.94. The molecule has 2 aromatic carbocycles. The Morgan fingerprint density at radius 2 is 1.86 bits per heavy atom. The van der Waals surface area contributed by atoms with Crippen molar-refractivity contribution in [3.8, 4) is 11.5 Å². The second-order valence-electron chi connectivity index (χ2n) is 4.71. The number of aryl methyl sites for hydroxylation is 1. The zero-order valence-corrected chi connectivity index (χ0v) is 12.5. The molecule has 4 heteroatoms. The van der Waals surface area contributed by atoms with Gasteiger partial charge in [0.25, 0.3) is 5.91 Å². The summed E-state index contributed by atoms with van der Waals surface area (Å²) in [7, 11) is 3.21. The third kappa shape index (κ3) is 3.75. The van der Waals surface area contributed by atoms with E-state index >= 15 is 0 Å². The molecule has 0 aromatic heterocycles. The number of hydrogen-bond donors (Lipinski definition) is 1. The van der Waals surface area contributed by atoms with Crippen molar-refractivity contribution in [1.29, 1.82) is 0 Å². The van der Waals surface area contributed by atoms with Gasteiger partial charge in [0.15, 0.2) is 0 Å². The first-order chi connectivity index (χ1) is 10.1. The van der Waals surface area contributed by atoms with Crippen molar-refractivity contribution in [2.75, 3.05) is 14.2 Å². The summed E-state index contributed by atoms with van der Waals surface area (Å²) in [5.41, 5.74) is 2.60. The van der Waals surface area contributed by atoms with E-state index < -0.39 is 0 Å². The van der Waals surface area contributed by atoms with Gasteiger partial charge in [0.05, 0.1) is 7.11 Å². The van der Waals surface area contributed by atoms with Gasteiger partial charge in [0.2, 0.25) is 0 Å². The van der Waals surface area contributed by atoms with Gasteiger partial charge >= 0.3 is 0 Å². The molecule has 1 N–H and O–H groups in total. The summed E-state index contributed by atoms with van der Waals surface area (Å²) in [5.74, 6) is 1.36. The van der Waals surface area contributed by atoms with Gasteiger partial charge in [-0.3, -0.25) is 4.79 Å². The lowest BCUT2D eigenvalue weighted by Gasteiger charge is -2.12. The van der Waals surface area contributed by atoms with Crippen LogP contribution < -0.4 is 14.8 Å². The number of carbonyl (C=O) groups excluding carboxylic acids is 1. The maximum atomic E-state index is 11.7. The first-order valence-electron chi connectivity index (χ1n) is 6.72. The molecule has 0 aliphatic heterocycles. The number of amides is 1. The third-order valence-corrected chi connectivity index (χ3v) is 3.18. The molecule has 0 radical (unpaired) electrons. The lowest BCUT2D eigenvalue weighted by molar-refractivity contribution is 0.0963. The smallest absolute Gasteiger partial charge is 0.251 e. The van der Waals surface area contributed by atoms with Gasteiger partial charge in [0.1, 0.15) is 18.1 Å². The SMILES string of the molecule is CNC(=O)c1ccc(OC)c(COc2ccc(C)cc2)c1. The number of nitrogens with one attached hydrogen (secondary N) is 1. The number of benzene rings is 2. The zero-order valence-electron chi connectivity index (χ0n) is 12.5. The number of rotatable bonds is 5. The van der Waals surface area contributed by atoms with Crippen LogP contribution in [0.3, 0.4) is 0 Å². The normalized spacial score (nSPS) is 10.0. The number of hydrogen-bond acceptors (Lipinski definition) is 3. The summed E-state index contributed by atoms with van der Waals surface area (Å²) in [6.45, 7) is 2.37. The molecule has 0 bridgehead atoms. The molecule has 0 saturated carbocycles. The van der Waals surface area contributed by atoms with E-state index in [0.717, 1.165) is 11.3 Å². The van der Waals surface area contributed by atoms with Crippen molar-refractivity contribution < 1.29 is 14.3 Å². The van der Waals surface area contributed by atoms with Crippen LogP contribution in [0.15, 0.2) is 42.5 Å². The molecule has 0 aliphatic rings. The van der Waals surface area contributed by atoms with Crippen molar-refractivity contribution in [2.24, 2.45) is 0 Å². The Bertz CT molecular complexity index is 620.